The molecule has 4 N–H and O–H groups in total. The van der Waals surface area contributed by atoms with Crippen LogP contribution in [0.2, 0.25) is 0 Å². The molecule has 9 nitrogen and oxygen atoms in total. The van der Waals surface area contributed by atoms with Gasteiger partial charge in [0.15, 0.2) is 6.29 Å². The zero-order valence-corrected chi connectivity index (χ0v) is 15.1. The van der Waals surface area contributed by atoms with Gasteiger partial charge in [-0.05, 0) is 31.6 Å². The molecule has 27 heavy (non-hydrogen) atoms. The summed E-state index contributed by atoms with van der Waals surface area (Å²) in [6, 6.07) is 0.256. The molecular formula is C18H23N7O2. The fourth-order valence-electron chi connectivity index (χ4n) is 3.61. The number of aliphatic hydroxyl groups is 1. The number of aromatic nitrogens is 5. The monoisotopic (exact) mass is 369 g/mol. The number of fused-ring (bicyclic) bond motifs is 1. The summed E-state index contributed by atoms with van der Waals surface area (Å²) in [5.41, 5.74) is 1.92. The number of aldehydes is 1. The standard InChI is InChI=1S/C18H23N7O2/c1-25-8-14(7-20-25)22-18-23-16-15(12(10-27)6-19-16)17(24-18)21-13-4-2-11(9-26)3-5-13/h6-8,10-11,13,26H,2-5,9H2,1H3,(H3,19,21,22,23,24). The normalized spacial score (nSPS) is 19.9. The van der Waals surface area contributed by atoms with Crippen LogP contribution in [0.15, 0.2) is 18.6 Å². The summed E-state index contributed by atoms with van der Waals surface area (Å²) >= 11 is 0. The van der Waals surface area contributed by atoms with Crippen LogP contribution >= 0.6 is 0 Å². The Morgan fingerprint density at radius 1 is 1.33 bits per heavy atom. The van der Waals surface area contributed by atoms with E-state index in [-0.39, 0.29) is 12.6 Å². The molecule has 0 aliphatic heterocycles. The minimum Gasteiger partial charge on any atom is -0.396 e. The number of aryl methyl sites for hydroxylation is 1. The minimum absolute atomic E-state index is 0.247. The Labute approximate surface area is 156 Å². The second-order valence-electron chi connectivity index (χ2n) is 7.05. The van der Waals surface area contributed by atoms with Gasteiger partial charge < -0.3 is 20.7 Å². The lowest BCUT2D eigenvalue weighted by atomic mass is 9.86. The van der Waals surface area contributed by atoms with Crippen LogP contribution < -0.4 is 10.6 Å². The van der Waals surface area contributed by atoms with Crippen molar-refractivity contribution in [3.05, 3.63) is 24.2 Å². The summed E-state index contributed by atoms with van der Waals surface area (Å²) in [4.78, 5) is 23.6. The van der Waals surface area contributed by atoms with E-state index in [1.165, 1.54) is 0 Å². The largest absolute Gasteiger partial charge is 0.396 e. The van der Waals surface area contributed by atoms with Crippen molar-refractivity contribution in [2.75, 3.05) is 17.2 Å². The molecule has 1 saturated carbocycles. The lowest BCUT2D eigenvalue weighted by Crippen LogP contribution is -2.28. The molecule has 0 unspecified atom stereocenters. The zero-order valence-electron chi connectivity index (χ0n) is 15.1. The molecule has 0 bridgehead atoms. The predicted octanol–water partition coefficient (Wildman–Crippen LogP) is 2.21. The maximum Gasteiger partial charge on any atom is 0.231 e. The van der Waals surface area contributed by atoms with Crippen LogP contribution in [0.1, 0.15) is 36.0 Å². The van der Waals surface area contributed by atoms with E-state index in [1.54, 1.807) is 17.1 Å². The van der Waals surface area contributed by atoms with E-state index in [9.17, 15) is 9.90 Å². The van der Waals surface area contributed by atoms with Crippen molar-refractivity contribution < 1.29 is 9.90 Å². The summed E-state index contributed by atoms with van der Waals surface area (Å²) in [6.45, 7) is 0.247. The topological polar surface area (TPSA) is 121 Å². The fourth-order valence-corrected chi connectivity index (χ4v) is 3.61. The molecule has 4 rings (SSSR count). The maximum absolute atomic E-state index is 11.4. The third kappa shape index (κ3) is 3.63. The summed E-state index contributed by atoms with van der Waals surface area (Å²) < 4.78 is 1.69. The molecule has 3 heterocycles. The van der Waals surface area contributed by atoms with Crippen molar-refractivity contribution in [2.45, 2.75) is 31.7 Å². The molecule has 142 valence electrons. The van der Waals surface area contributed by atoms with E-state index in [1.807, 2.05) is 13.2 Å². The van der Waals surface area contributed by atoms with Crippen LogP contribution in [0, 0.1) is 5.92 Å². The smallest absolute Gasteiger partial charge is 0.231 e. The number of rotatable bonds is 6. The molecule has 3 aromatic heterocycles. The van der Waals surface area contributed by atoms with Crippen LogP contribution in [0.5, 0.6) is 0 Å². The molecule has 0 saturated heterocycles. The lowest BCUT2D eigenvalue weighted by molar-refractivity contribution is 0.112. The Morgan fingerprint density at radius 2 is 2.15 bits per heavy atom. The number of hydrogen-bond acceptors (Lipinski definition) is 7. The second-order valence-corrected chi connectivity index (χ2v) is 7.05. The van der Waals surface area contributed by atoms with Crippen LogP contribution in [0.3, 0.4) is 0 Å². The van der Waals surface area contributed by atoms with E-state index in [2.05, 4.69) is 30.7 Å². The molecule has 1 aliphatic rings. The van der Waals surface area contributed by atoms with E-state index in [0.29, 0.717) is 34.3 Å². The number of hydrogen-bond donors (Lipinski definition) is 4. The molecule has 3 aromatic rings. The molecule has 0 radical (unpaired) electrons. The quantitative estimate of drug-likeness (QED) is 0.492. The summed E-state index contributed by atoms with van der Waals surface area (Å²) in [7, 11) is 1.84. The van der Waals surface area contributed by atoms with Gasteiger partial charge in [-0.1, -0.05) is 0 Å². The van der Waals surface area contributed by atoms with Gasteiger partial charge in [-0.3, -0.25) is 9.48 Å². The lowest BCUT2D eigenvalue weighted by Gasteiger charge is -2.28. The first kappa shape index (κ1) is 17.5. The number of aromatic amines is 1. The number of carbonyl (C=O) groups is 1. The molecule has 1 fully saturated rings. The van der Waals surface area contributed by atoms with Crippen LogP contribution in [0.25, 0.3) is 11.0 Å². The van der Waals surface area contributed by atoms with Crippen molar-refractivity contribution in [3.8, 4) is 0 Å². The summed E-state index contributed by atoms with van der Waals surface area (Å²) in [5.74, 6) is 1.46. The highest BCUT2D eigenvalue weighted by molar-refractivity contribution is 6.02. The van der Waals surface area contributed by atoms with E-state index >= 15 is 0 Å². The Kier molecular flexibility index (Phi) is 4.76. The SMILES string of the molecule is Cn1cc(Nc2nc(NC3CCC(CO)CC3)c3c(C=O)c[nH]c3n2)cn1. The molecule has 1 aliphatic carbocycles. The number of anilines is 3. The van der Waals surface area contributed by atoms with Crippen molar-refractivity contribution in [1.29, 1.82) is 0 Å². The van der Waals surface area contributed by atoms with Gasteiger partial charge >= 0.3 is 0 Å². The Bertz CT molecular complexity index is 940. The first-order chi connectivity index (χ1) is 13.2. The second kappa shape index (κ2) is 7.36. The first-order valence-electron chi connectivity index (χ1n) is 9.13. The molecule has 0 atom stereocenters. The van der Waals surface area contributed by atoms with E-state index < -0.39 is 0 Å². The number of carbonyl (C=O) groups excluding carboxylic acids is 1. The van der Waals surface area contributed by atoms with Gasteiger partial charge in [-0.15, -0.1) is 0 Å². The fraction of sp³-hybridized carbons (Fsp3) is 0.444. The van der Waals surface area contributed by atoms with Gasteiger partial charge in [-0.25, -0.2) is 0 Å². The van der Waals surface area contributed by atoms with Crippen molar-refractivity contribution in [3.63, 3.8) is 0 Å². The van der Waals surface area contributed by atoms with Gasteiger partial charge in [0.1, 0.15) is 11.5 Å². The summed E-state index contributed by atoms with van der Waals surface area (Å²) in [5, 5.41) is 20.8. The average Bonchev–Trinajstić information content (AvgIpc) is 3.28. The first-order valence-corrected chi connectivity index (χ1v) is 9.13. The Morgan fingerprint density at radius 3 is 2.81 bits per heavy atom. The number of aliphatic hydroxyl groups excluding tert-OH is 1. The Hall–Kier alpha value is -2.94. The molecule has 0 spiro atoms. The van der Waals surface area contributed by atoms with Gasteiger partial charge in [0.2, 0.25) is 5.95 Å². The van der Waals surface area contributed by atoms with Gasteiger partial charge in [0, 0.05) is 37.7 Å². The molecule has 0 amide bonds. The highest BCUT2D eigenvalue weighted by Crippen LogP contribution is 2.30. The number of nitrogens with zero attached hydrogens (tertiary/aromatic N) is 4. The molecule has 9 heteroatoms. The van der Waals surface area contributed by atoms with Gasteiger partial charge in [0.25, 0.3) is 0 Å². The highest BCUT2D eigenvalue weighted by Gasteiger charge is 2.23. The minimum atomic E-state index is 0.247. The van der Waals surface area contributed by atoms with Crippen molar-refractivity contribution >= 4 is 34.8 Å². The van der Waals surface area contributed by atoms with E-state index in [4.69, 9.17) is 0 Å². The summed E-state index contributed by atoms with van der Waals surface area (Å²) in [6.07, 6.45) is 9.88. The maximum atomic E-state index is 11.4. The van der Waals surface area contributed by atoms with Crippen molar-refractivity contribution in [2.24, 2.45) is 13.0 Å². The van der Waals surface area contributed by atoms with Crippen LogP contribution in [-0.2, 0) is 7.05 Å². The highest BCUT2D eigenvalue weighted by atomic mass is 16.3. The number of H-pyrrole nitrogens is 1. The van der Waals surface area contributed by atoms with Gasteiger partial charge in [0.05, 0.1) is 17.3 Å². The third-order valence-corrected chi connectivity index (χ3v) is 5.10. The predicted molar refractivity (Wildman–Crippen MR) is 102 cm³/mol. The van der Waals surface area contributed by atoms with E-state index in [0.717, 1.165) is 37.7 Å². The molecular weight excluding hydrogens is 346 g/mol. The van der Waals surface area contributed by atoms with Gasteiger partial charge in [-0.2, -0.15) is 15.1 Å². The van der Waals surface area contributed by atoms with Crippen LogP contribution in [-0.4, -0.2) is 48.8 Å². The zero-order chi connectivity index (χ0) is 18.8. The Balaban J connectivity index is 1.64. The third-order valence-electron chi connectivity index (χ3n) is 5.10. The average molecular weight is 369 g/mol. The number of nitrogens with one attached hydrogen (secondary N) is 3. The van der Waals surface area contributed by atoms with Crippen molar-refractivity contribution in [1.82, 2.24) is 24.7 Å². The van der Waals surface area contributed by atoms with Crippen LogP contribution in [0.4, 0.5) is 17.5 Å². The molecule has 0 aromatic carbocycles.